The zero-order chi connectivity index (χ0) is 23.5. The van der Waals surface area contributed by atoms with Crippen LogP contribution >= 0.6 is 23.4 Å². The molecule has 1 aromatic heterocycles. The molecule has 2 heterocycles. The fourth-order valence-electron chi connectivity index (χ4n) is 3.72. The van der Waals surface area contributed by atoms with Crippen LogP contribution in [-0.2, 0) is 11.3 Å². The fraction of sp³-hybridized carbons (Fsp3) is 0.0714. The van der Waals surface area contributed by atoms with Crippen molar-refractivity contribution in [2.24, 2.45) is 4.99 Å². The molecule has 0 N–H and O–H groups in total. The maximum atomic E-state index is 13.5. The Hall–Kier alpha value is -3.54. The van der Waals surface area contributed by atoms with E-state index in [0.29, 0.717) is 21.6 Å². The van der Waals surface area contributed by atoms with Crippen molar-refractivity contribution in [2.45, 2.75) is 13.5 Å². The summed E-state index contributed by atoms with van der Waals surface area (Å²) in [7, 11) is 0. The first kappa shape index (κ1) is 22.3. The summed E-state index contributed by atoms with van der Waals surface area (Å²) in [6.07, 6.45) is 3.89. The number of para-hydroxylation sites is 1. The standard InChI is InChI=1S/C28H22ClN3OS/c1-20-14-15-24(17-25(20)29)31-16-8-13-23(31)18-26-27(33)32(19-21-9-4-2-5-10-21)28(34-26)30-22-11-6-3-7-12-22/h2-18H,19H2,1H3/b26-18-,30-28?. The van der Waals surface area contributed by atoms with Crippen molar-refractivity contribution in [2.75, 3.05) is 0 Å². The predicted molar refractivity (Wildman–Crippen MR) is 142 cm³/mol. The van der Waals surface area contributed by atoms with Crippen LogP contribution in [0.5, 0.6) is 0 Å². The Kier molecular flexibility index (Phi) is 6.39. The molecule has 1 aliphatic heterocycles. The topological polar surface area (TPSA) is 37.6 Å². The Bertz CT molecular complexity index is 1390. The normalized spacial score (nSPS) is 16.1. The van der Waals surface area contributed by atoms with Crippen molar-refractivity contribution in [3.63, 3.8) is 0 Å². The van der Waals surface area contributed by atoms with Crippen LogP contribution in [0.15, 0.2) is 107 Å². The fourth-order valence-corrected chi connectivity index (χ4v) is 4.88. The monoisotopic (exact) mass is 483 g/mol. The molecule has 0 unspecified atom stereocenters. The van der Waals surface area contributed by atoms with Crippen LogP contribution in [0.25, 0.3) is 11.8 Å². The Labute approximate surface area is 208 Å². The summed E-state index contributed by atoms with van der Waals surface area (Å²) >= 11 is 7.76. The number of carbonyl (C=O) groups excluding carboxylic acids is 1. The molecule has 5 rings (SSSR count). The third-order valence-electron chi connectivity index (χ3n) is 5.55. The molecule has 1 saturated heterocycles. The summed E-state index contributed by atoms with van der Waals surface area (Å²) < 4.78 is 2.03. The first-order valence-corrected chi connectivity index (χ1v) is 12.1. The van der Waals surface area contributed by atoms with Gasteiger partial charge in [0.2, 0.25) is 0 Å². The number of carbonyl (C=O) groups is 1. The molecule has 0 radical (unpaired) electrons. The van der Waals surface area contributed by atoms with E-state index >= 15 is 0 Å². The molecule has 3 aromatic carbocycles. The second-order valence-corrected chi connectivity index (χ2v) is 9.37. The van der Waals surface area contributed by atoms with E-state index < -0.39 is 0 Å². The van der Waals surface area contributed by atoms with Crippen LogP contribution < -0.4 is 0 Å². The molecule has 0 aliphatic carbocycles. The van der Waals surface area contributed by atoms with Crippen LogP contribution in [-0.4, -0.2) is 20.5 Å². The highest BCUT2D eigenvalue weighted by Crippen LogP contribution is 2.35. The number of rotatable bonds is 5. The third kappa shape index (κ3) is 4.72. The van der Waals surface area contributed by atoms with Crippen molar-refractivity contribution >= 4 is 46.2 Å². The van der Waals surface area contributed by atoms with E-state index in [9.17, 15) is 4.79 Å². The van der Waals surface area contributed by atoms with Gasteiger partial charge in [0.05, 0.1) is 17.1 Å². The summed E-state index contributed by atoms with van der Waals surface area (Å²) in [5, 5.41) is 1.38. The number of aryl methyl sites for hydroxylation is 1. The van der Waals surface area contributed by atoms with Gasteiger partial charge in [0.1, 0.15) is 0 Å². The minimum atomic E-state index is -0.0572. The lowest BCUT2D eigenvalue weighted by atomic mass is 10.2. The van der Waals surface area contributed by atoms with Gasteiger partial charge in [-0.2, -0.15) is 0 Å². The first-order valence-electron chi connectivity index (χ1n) is 10.9. The van der Waals surface area contributed by atoms with Crippen molar-refractivity contribution in [1.29, 1.82) is 0 Å². The minimum absolute atomic E-state index is 0.0572. The summed E-state index contributed by atoms with van der Waals surface area (Å²) in [6.45, 7) is 2.44. The molecule has 4 aromatic rings. The second-order valence-electron chi connectivity index (χ2n) is 7.95. The minimum Gasteiger partial charge on any atom is -0.317 e. The highest BCUT2D eigenvalue weighted by Gasteiger charge is 2.33. The number of amides is 1. The number of halogens is 1. The van der Waals surface area contributed by atoms with Crippen molar-refractivity contribution in [3.05, 3.63) is 124 Å². The number of benzene rings is 3. The Balaban J connectivity index is 1.51. The smallest absolute Gasteiger partial charge is 0.267 e. The molecule has 168 valence electrons. The average molecular weight is 484 g/mol. The summed E-state index contributed by atoms with van der Waals surface area (Å²) in [6, 6.07) is 29.6. The van der Waals surface area contributed by atoms with Gasteiger partial charge in [0.25, 0.3) is 5.91 Å². The number of hydrogen-bond donors (Lipinski definition) is 0. The predicted octanol–water partition coefficient (Wildman–Crippen LogP) is 7.24. The summed E-state index contributed by atoms with van der Waals surface area (Å²) in [4.78, 5) is 20.7. The van der Waals surface area contributed by atoms with Crippen molar-refractivity contribution < 1.29 is 4.79 Å². The van der Waals surface area contributed by atoms with Gasteiger partial charge >= 0.3 is 0 Å². The maximum absolute atomic E-state index is 13.5. The van der Waals surface area contributed by atoms with Crippen LogP contribution in [0, 0.1) is 6.92 Å². The number of aliphatic imine (C=N–C) groups is 1. The van der Waals surface area contributed by atoms with Gasteiger partial charge in [-0.15, -0.1) is 0 Å². The molecular weight excluding hydrogens is 462 g/mol. The van der Waals surface area contributed by atoms with Crippen LogP contribution in [0.4, 0.5) is 5.69 Å². The van der Waals surface area contributed by atoms with Crippen molar-refractivity contribution in [1.82, 2.24) is 9.47 Å². The van der Waals surface area contributed by atoms with Gasteiger partial charge < -0.3 is 4.57 Å². The van der Waals surface area contributed by atoms with Gasteiger partial charge in [-0.25, -0.2) is 4.99 Å². The molecule has 34 heavy (non-hydrogen) atoms. The van der Waals surface area contributed by atoms with Crippen LogP contribution in [0.3, 0.4) is 0 Å². The maximum Gasteiger partial charge on any atom is 0.267 e. The molecule has 1 amide bonds. The number of thioether (sulfide) groups is 1. The van der Waals surface area contributed by atoms with E-state index in [2.05, 4.69) is 0 Å². The van der Waals surface area contributed by atoms with Gasteiger partial charge in [-0.1, -0.05) is 66.2 Å². The van der Waals surface area contributed by atoms with E-state index in [1.54, 1.807) is 4.90 Å². The van der Waals surface area contributed by atoms with Gasteiger partial charge in [0.15, 0.2) is 5.17 Å². The molecule has 1 fully saturated rings. The van der Waals surface area contributed by atoms with E-state index in [1.165, 1.54) is 11.8 Å². The van der Waals surface area contributed by atoms with Crippen molar-refractivity contribution in [3.8, 4) is 5.69 Å². The van der Waals surface area contributed by atoms with E-state index in [1.807, 2.05) is 115 Å². The van der Waals surface area contributed by atoms with Gasteiger partial charge in [0, 0.05) is 22.6 Å². The molecule has 0 saturated carbocycles. The zero-order valence-electron chi connectivity index (χ0n) is 18.6. The summed E-state index contributed by atoms with van der Waals surface area (Å²) in [5.41, 5.74) is 4.74. The number of hydrogen-bond acceptors (Lipinski definition) is 3. The highest BCUT2D eigenvalue weighted by molar-refractivity contribution is 8.18. The third-order valence-corrected chi connectivity index (χ3v) is 6.96. The number of aromatic nitrogens is 1. The molecule has 4 nitrogen and oxygen atoms in total. The Morgan fingerprint density at radius 2 is 1.68 bits per heavy atom. The average Bonchev–Trinajstić information content (AvgIpc) is 3.43. The Morgan fingerprint density at radius 1 is 0.941 bits per heavy atom. The second kappa shape index (κ2) is 9.75. The largest absolute Gasteiger partial charge is 0.317 e. The first-order chi connectivity index (χ1) is 16.6. The SMILES string of the molecule is Cc1ccc(-n2cccc2/C=C2\SC(=Nc3ccccc3)N(Cc3ccccc3)C2=O)cc1Cl. The quantitative estimate of drug-likeness (QED) is 0.280. The molecule has 0 spiro atoms. The van der Waals surface area contributed by atoms with Crippen LogP contribution in [0.2, 0.25) is 5.02 Å². The lowest BCUT2D eigenvalue weighted by molar-refractivity contribution is -0.122. The Morgan fingerprint density at radius 3 is 2.41 bits per heavy atom. The molecule has 1 aliphatic rings. The zero-order valence-corrected chi connectivity index (χ0v) is 20.1. The number of amidine groups is 1. The lowest BCUT2D eigenvalue weighted by Crippen LogP contribution is -2.28. The van der Waals surface area contributed by atoms with E-state index in [0.717, 1.165) is 28.2 Å². The molecule has 0 bridgehead atoms. The van der Waals surface area contributed by atoms with Gasteiger partial charge in [-0.3, -0.25) is 9.69 Å². The number of nitrogens with zero attached hydrogens (tertiary/aromatic N) is 3. The molecular formula is C28H22ClN3OS. The molecule has 6 heteroatoms. The van der Waals surface area contributed by atoms with Gasteiger partial charge in [-0.05, 0) is 72.3 Å². The van der Waals surface area contributed by atoms with Crippen LogP contribution in [0.1, 0.15) is 16.8 Å². The van der Waals surface area contributed by atoms with E-state index in [-0.39, 0.29) is 5.91 Å². The highest BCUT2D eigenvalue weighted by atomic mass is 35.5. The summed E-state index contributed by atoms with van der Waals surface area (Å²) in [5.74, 6) is -0.0572. The molecule has 0 atom stereocenters. The lowest BCUT2D eigenvalue weighted by Gasteiger charge is -2.15. The van der Waals surface area contributed by atoms with E-state index in [4.69, 9.17) is 16.6 Å².